The molecule has 3 nitrogen and oxygen atoms in total. The quantitative estimate of drug-likeness (QED) is 0.942. The van der Waals surface area contributed by atoms with Gasteiger partial charge in [-0.3, -0.25) is 0 Å². The first-order valence-electron chi connectivity index (χ1n) is 5.39. The van der Waals surface area contributed by atoms with Crippen LogP contribution in [0, 0.1) is 13.8 Å². The minimum Gasteiger partial charge on any atom is -0.306 e. The van der Waals surface area contributed by atoms with Crippen LogP contribution in [-0.4, -0.2) is 9.97 Å². The smallest absolute Gasteiger partial charge is 0.125 e. The van der Waals surface area contributed by atoms with Gasteiger partial charge in [-0.05, 0) is 41.9 Å². The molecule has 5 heteroatoms. The molecule has 2 aromatic rings. The Balaban J connectivity index is 1.87. The van der Waals surface area contributed by atoms with Crippen molar-refractivity contribution < 1.29 is 0 Å². The summed E-state index contributed by atoms with van der Waals surface area (Å²) in [4.78, 5) is 11.1. The van der Waals surface area contributed by atoms with Crippen molar-refractivity contribution in [3.63, 3.8) is 0 Å². The summed E-state index contributed by atoms with van der Waals surface area (Å²) in [5.74, 6) is 0.819. The van der Waals surface area contributed by atoms with Gasteiger partial charge in [-0.25, -0.2) is 9.97 Å². The zero-order valence-corrected chi connectivity index (χ0v) is 12.2. The molecule has 0 fully saturated rings. The van der Waals surface area contributed by atoms with Crippen LogP contribution in [0.3, 0.4) is 0 Å². The van der Waals surface area contributed by atoms with Gasteiger partial charge in [0.15, 0.2) is 0 Å². The first kappa shape index (κ1) is 12.7. The fraction of sp³-hybridized carbons (Fsp3) is 0.333. The van der Waals surface area contributed by atoms with Crippen LogP contribution in [0.25, 0.3) is 0 Å². The summed E-state index contributed by atoms with van der Waals surface area (Å²) in [5, 5.41) is 3.39. The predicted octanol–water partition coefficient (Wildman–Crippen LogP) is 3.21. The zero-order valence-electron chi connectivity index (χ0n) is 9.83. The number of hydrogen-bond donors (Lipinski definition) is 1. The molecule has 0 aromatic carbocycles. The summed E-state index contributed by atoms with van der Waals surface area (Å²) >= 11 is 5.33. The second-order valence-electron chi connectivity index (χ2n) is 3.82. The molecule has 2 heterocycles. The molecule has 0 unspecified atom stereocenters. The number of halogens is 1. The van der Waals surface area contributed by atoms with Crippen molar-refractivity contribution in [2.24, 2.45) is 0 Å². The second kappa shape index (κ2) is 5.71. The highest BCUT2D eigenvalue weighted by atomic mass is 79.9. The predicted molar refractivity (Wildman–Crippen MR) is 74.1 cm³/mol. The zero-order chi connectivity index (χ0) is 12.3. The van der Waals surface area contributed by atoms with E-state index in [0.717, 1.165) is 24.6 Å². The van der Waals surface area contributed by atoms with Crippen LogP contribution in [-0.2, 0) is 13.1 Å². The summed E-state index contributed by atoms with van der Waals surface area (Å²) in [6, 6.07) is 4.10. The van der Waals surface area contributed by atoms with Crippen LogP contribution in [0.4, 0.5) is 0 Å². The number of hydrogen-bond acceptors (Lipinski definition) is 4. The van der Waals surface area contributed by atoms with E-state index in [1.54, 1.807) is 6.20 Å². The average Bonchev–Trinajstić information content (AvgIpc) is 2.58. The summed E-state index contributed by atoms with van der Waals surface area (Å²) in [6.07, 6.45) is 1.80. The topological polar surface area (TPSA) is 37.8 Å². The van der Waals surface area contributed by atoms with Gasteiger partial charge >= 0.3 is 0 Å². The van der Waals surface area contributed by atoms with Crippen molar-refractivity contribution in [3.8, 4) is 0 Å². The lowest BCUT2D eigenvalue weighted by Gasteiger charge is -2.02. The lowest BCUT2D eigenvalue weighted by molar-refractivity contribution is 0.681. The molecular formula is C12H14BrN3S. The van der Waals surface area contributed by atoms with Crippen molar-refractivity contribution in [1.82, 2.24) is 15.3 Å². The summed E-state index contributed by atoms with van der Waals surface area (Å²) in [7, 11) is 0. The fourth-order valence-corrected chi connectivity index (χ4v) is 3.09. The van der Waals surface area contributed by atoms with Gasteiger partial charge in [0.2, 0.25) is 0 Å². The molecule has 1 N–H and O–H groups in total. The molecule has 0 aliphatic heterocycles. The normalized spacial score (nSPS) is 10.8. The van der Waals surface area contributed by atoms with Crippen LogP contribution in [0.5, 0.6) is 0 Å². The number of thiophene rings is 1. The van der Waals surface area contributed by atoms with E-state index in [2.05, 4.69) is 44.2 Å². The molecule has 0 atom stereocenters. The highest BCUT2D eigenvalue weighted by Crippen LogP contribution is 2.26. The maximum atomic E-state index is 4.35. The van der Waals surface area contributed by atoms with E-state index in [-0.39, 0.29) is 0 Å². The van der Waals surface area contributed by atoms with E-state index in [1.165, 1.54) is 14.2 Å². The maximum absolute atomic E-state index is 4.35. The Hall–Kier alpha value is -0.780. The van der Waals surface area contributed by atoms with Gasteiger partial charge in [-0.15, -0.1) is 11.3 Å². The highest BCUT2D eigenvalue weighted by molar-refractivity contribution is 9.10. The third-order valence-electron chi connectivity index (χ3n) is 2.35. The standard InChI is InChI=1S/C12H14BrN3S/c1-8-12(13)5-11(17-8)7-14-6-10-3-4-15-9(2)16-10/h3-5,14H,6-7H2,1-2H3. The molecular weight excluding hydrogens is 298 g/mol. The third-order valence-corrected chi connectivity index (χ3v) is 4.48. The van der Waals surface area contributed by atoms with E-state index in [1.807, 2.05) is 24.3 Å². The van der Waals surface area contributed by atoms with E-state index < -0.39 is 0 Å². The average molecular weight is 312 g/mol. The van der Waals surface area contributed by atoms with Gasteiger partial charge < -0.3 is 5.32 Å². The van der Waals surface area contributed by atoms with Crippen LogP contribution >= 0.6 is 27.3 Å². The fourth-order valence-electron chi connectivity index (χ4n) is 1.52. The van der Waals surface area contributed by atoms with Crippen LogP contribution in [0.1, 0.15) is 21.3 Å². The minimum absolute atomic E-state index is 0.776. The minimum atomic E-state index is 0.776. The van der Waals surface area contributed by atoms with Crippen molar-refractivity contribution in [3.05, 3.63) is 44.1 Å². The van der Waals surface area contributed by atoms with Crippen molar-refractivity contribution in [2.45, 2.75) is 26.9 Å². The molecule has 2 rings (SSSR count). The molecule has 0 saturated heterocycles. The molecule has 17 heavy (non-hydrogen) atoms. The van der Waals surface area contributed by atoms with Gasteiger partial charge in [0, 0.05) is 33.5 Å². The van der Waals surface area contributed by atoms with Crippen molar-refractivity contribution in [2.75, 3.05) is 0 Å². The molecule has 2 aromatic heterocycles. The largest absolute Gasteiger partial charge is 0.306 e. The molecule has 0 aliphatic carbocycles. The van der Waals surface area contributed by atoms with E-state index in [0.29, 0.717) is 0 Å². The number of rotatable bonds is 4. The SMILES string of the molecule is Cc1nccc(CNCc2cc(Br)c(C)s2)n1. The number of aromatic nitrogens is 2. The van der Waals surface area contributed by atoms with Gasteiger partial charge in [-0.2, -0.15) is 0 Å². The molecule has 90 valence electrons. The Kier molecular flexibility index (Phi) is 4.25. The number of nitrogens with zero attached hydrogens (tertiary/aromatic N) is 2. The monoisotopic (exact) mass is 311 g/mol. The van der Waals surface area contributed by atoms with Gasteiger partial charge in [0.25, 0.3) is 0 Å². The van der Waals surface area contributed by atoms with Crippen LogP contribution < -0.4 is 5.32 Å². The maximum Gasteiger partial charge on any atom is 0.125 e. The first-order chi connectivity index (χ1) is 8.15. The number of aryl methyl sites for hydroxylation is 2. The Morgan fingerprint density at radius 2 is 2.18 bits per heavy atom. The molecule has 0 aliphatic rings. The summed E-state index contributed by atoms with van der Waals surface area (Å²) in [6.45, 7) is 5.67. The van der Waals surface area contributed by atoms with Crippen molar-refractivity contribution in [1.29, 1.82) is 0 Å². The van der Waals surface area contributed by atoms with Gasteiger partial charge in [0.05, 0.1) is 5.69 Å². The summed E-state index contributed by atoms with van der Waals surface area (Å²) < 4.78 is 1.19. The Morgan fingerprint density at radius 3 is 2.82 bits per heavy atom. The Bertz CT molecular complexity index is 491. The van der Waals surface area contributed by atoms with Gasteiger partial charge in [-0.1, -0.05) is 0 Å². The molecule has 0 saturated carbocycles. The lowest BCUT2D eigenvalue weighted by Crippen LogP contribution is -2.13. The van der Waals surface area contributed by atoms with E-state index in [4.69, 9.17) is 0 Å². The lowest BCUT2D eigenvalue weighted by atomic mass is 10.3. The second-order valence-corrected chi connectivity index (χ2v) is 6.01. The Labute approximate surface area is 113 Å². The molecule has 0 radical (unpaired) electrons. The first-order valence-corrected chi connectivity index (χ1v) is 7.00. The van der Waals surface area contributed by atoms with Crippen LogP contribution in [0.2, 0.25) is 0 Å². The third kappa shape index (κ3) is 3.59. The van der Waals surface area contributed by atoms with E-state index >= 15 is 0 Å². The Morgan fingerprint density at radius 1 is 1.35 bits per heavy atom. The molecule has 0 spiro atoms. The van der Waals surface area contributed by atoms with Gasteiger partial charge in [0.1, 0.15) is 5.82 Å². The number of nitrogens with one attached hydrogen (secondary N) is 1. The molecule has 0 bridgehead atoms. The summed E-state index contributed by atoms with van der Waals surface area (Å²) in [5.41, 5.74) is 1.03. The van der Waals surface area contributed by atoms with Crippen molar-refractivity contribution >= 4 is 27.3 Å². The van der Waals surface area contributed by atoms with E-state index in [9.17, 15) is 0 Å². The molecule has 0 amide bonds. The van der Waals surface area contributed by atoms with Crippen LogP contribution in [0.15, 0.2) is 22.8 Å². The highest BCUT2D eigenvalue weighted by Gasteiger charge is 2.02.